The van der Waals surface area contributed by atoms with Gasteiger partial charge in [-0.05, 0) is 42.0 Å². The minimum Gasteiger partial charge on any atom is -0.327 e. The summed E-state index contributed by atoms with van der Waals surface area (Å²) in [7, 11) is -0.931. The predicted octanol–water partition coefficient (Wildman–Crippen LogP) is 3.40. The molecule has 0 amide bonds. The van der Waals surface area contributed by atoms with E-state index in [1.165, 1.54) is 6.42 Å². The Labute approximate surface area is 116 Å². The van der Waals surface area contributed by atoms with Crippen molar-refractivity contribution in [2.75, 3.05) is 0 Å². The van der Waals surface area contributed by atoms with Gasteiger partial charge in [-0.2, -0.15) is 0 Å². The highest BCUT2D eigenvalue weighted by molar-refractivity contribution is 7.88. The van der Waals surface area contributed by atoms with E-state index in [9.17, 15) is 4.21 Å². The van der Waals surface area contributed by atoms with Gasteiger partial charge >= 0.3 is 0 Å². The molecule has 1 aliphatic rings. The molecule has 0 spiro atoms. The minimum atomic E-state index is -0.931. The maximum atomic E-state index is 12.6. The van der Waals surface area contributed by atoms with Crippen LogP contribution in [0.5, 0.6) is 0 Å². The minimum absolute atomic E-state index is 0.0894. The highest BCUT2D eigenvalue weighted by Gasteiger charge is 2.37. The molecule has 102 valence electrons. The summed E-state index contributed by atoms with van der Waals surface area (Å²) in [6.07, 6.45) is 3.17. The Morgan fingerprint density at radius 3 is 2.67 bits per heavy atom. The van der Waals surface area contributed by atoms with Crippen LogP contribution >= 0.6 is 11.3 Å². The van der Waals surface area contributed by atoms with Gasteiger partial charge in [-0.3, -0.25) is 4.21 Å². The van der Waals surface area contributed by atoms with E-state index in [0.717, 1.165) is 17.1 Å². The van der Waals surface area contributed by atoms with Crippen molar-refractivity contribution in [2.24, 2.45) is 17.1 Å². The van der Waals surface area contributed by atoms with Gasteiger partial charge in [-0.25, -0.2) is 0 Å². The van der Waals surface area contributed by atoms with Gasteiger partial charge in [-0.15, -0.1) is 11.3 Å². The van der Waals surface area contributed by atoms with Crippen LogP contribution in [0.25, 0.3) is 0 Å². The fourth-order valence-electron chi connectivity index (χ4n) is 2.71. The molecule has 4 unspecified atom stereocenters. The van der Waals surface area contributed by atoms with Gasteiger partial charge in [0.05, 0.1) is 20.3 Å². The van der Waals surface area contributed by atoms with E-state index in [4.69, 9.17) is 5.73 Å². The van der Waals surface area contributed by atoms with E-state index in [1.54, 1.807) is 11.3 Å². The van der Waals surface area contributed by atoms with Crippen LogP contribution in [-0.2, 0) is 10.8 Å². The highest BCUT2D eigenvalue weighted by atomic mass is 32.2. The van der Waals surface area contributed by atoms with Crippen molar-refractivity contribution < 1.29 is 4.21 Å². The third kappa shape index (κ3) is 3.03. The molecule has 0 saturated heterocycles. The Kier molecular flexibility index (Phi) is 4.29. The standard InChI is InChI=1S/C14H23NOS2/c1-14(2,3)10-6-7-11(15)12(9-10)18(16)13-5-4-8-17-13/h4-5,8,10-12H,6-7,9,15H2,1-3H3. The lowest BCUT2D eigenvalue weighted by molar-refractivity contribution is 0.173. The van der Waals surface area contributed by atoms with Crippen molar-refractivity contribution in [1.82, 2.24) is 0 Å². The molecular weight excluding hydrogens is 262 g/mol. The molecular formula is C14H23NOS2. The summed E-state index contributed by atoms with van der Waals surface area (Å²) < 4.78 is 13.6. The fourth-order valence-corrected chi connectivity index (χ4v) is 5.45. The molecule has 1 fully saturated rings. The lowest BCUT2D eigenvalue weighted by Gasteiger charge is -2.40. The second-order valence-electron chi connectivity index (χ2n) is 6.31. The van der Waals surface area contributed by atoms with Gasteiger partial charge in [0.2, 0.25) is 0 Å². The quantitative estimate of drug-likeness (QED) is 0.905. The Morgan fingerprint density at radius 2 is 2.11 bits per heavy atom. The highest BCUT2D eigenvalue weighted by Crippen LogP contribution is 2.40. The van der Waals surface area contributed by atoms with Gasteiger partial charge in [0.25, 0.3) is 0 Å². The maximum Gasteiger partial charge on any atom is 0.0914 e. The predicted molar refractivity (Wildman–Crippen MR) is 79.3 cm³/mol. The smallest absolute Gasteiger partial charge is 0.0914 e. The van der Waals surface area contributed by atoms with Crippen LogP contribution in [0.4, 0.5) is 0 Å². The summed E-state index contributed by atoms with van der Waals surface area (Å²) in [5.41, 5.74) is 6.49. The van der Waals surface area contributed by atoms with Gasteiger partial charge in [0.1, 0.15) is 0 Å². The molecule has 0 bridgehead atoms. The Morgan fingerprint density at radius 1 is 1.39 bits per heavy atom. The van der Waals surface area contributed by atoms with Crippen molar-refractivity contribution in [1.29, 1.82) is 0 Å². The molecule has 2 nitrogen and oxygen atoms in total. The van der Waals surface area contributed by atoms with Crippen molar-refractivity contribution in [2.45, 2.75) is 55.5 Å². The Bertz CT molecular complexity index is 408. The summed E-state index contributed by atoms with van der Waals surface area (Å²) in [4.78, 5) is 0. The third-order valence-electron chi connectivity index (χ3n) is 4.04. The molecule has 0 radical (unpaired) electrons. The van der Waals surface area contributed by atoms with Gasteiger partial charge < -0.3 is 5.73 Å². The van der Waals surface area contributed by atoms with E-state index in [-0.39, 0.29) is 16.7 Å². The summed E-state index contributed by atoms with van der Waals surface area (Å²) in [5, 5.41) is 2.12. The molecule has 0 aliphatic heterocycles. The van der Waals surface area contributed by atoms with E-state index in [1.807, 2.05) is 17.5 Å². The molecule has 0 aromatic carbocycles. The number of rotatable bonds is 2. The molecule has 1 aromatic rings. The largest absolute Gasteiger partial charge is 0.327 e. The average molecular weight is 285 g/mol. The first-order valence-electron chi connectivity index (χ1n) is 6.59. The lowest BCUT2D eigenvalue weighted by Crippen LogP contribution is -2.45. The zero-order chi connectivity index (χ0) is 13.3. The lowest BCUT2D eigenvalue weighted by atomic mass is 9.71. The SMILES string of the molecule is CC(C)(C)C1CCC(N)C(S(=O)c2cccs2)C1. The number of nitrogens with two attached hydrogens (primary N) is 1. The molecule has 2 rings (SSSR count). The molecule has 1 aliphatic carbocycles. The van der Waals surface area contributed by atoms with Crippen molar-refractivity contribution in [3.8, 4) is 0 Å². The maximum absolute atomic E-state index is 12.6. The summed E-state index contributed by atoms with van der Waals surface area (Å²) in [6, 6.07) is 4.02. The molecule has 1 saturated carbocycles. The van der Waals surface area contributed by atoms with Crippen LogP contribution in [0.1, 0.15) is 40.0 Å². The van der Waals surface area contributed by atoms with Crippen LogP contribution < -0.4 is 5.73 Å². The van der Waals surface area contributed by atoms with Crippen molar-refractivity contribution in [3.05, 3.63) is 17.5 Å². The first kappa shape index (κ1) is 14.2. The van der Waals surface area contributed by atoms with E-state index in [2.05, 4.69) is 20.8 Å². The molecule has 1 aromatic heterocycles. The van der Waals surface area contributed by atoms with E-state index < -0.39 is 10.8 Å². The Hall–Kier alpha value is -0.190. The molecule has 4 heteroatoms. The first-order chi connectivity index (χ1) is 8.39. The van der Waals surface area contributed by atoms with Gasteiger partial charge in [-0.1, -0.05) is 26.8 Å². The average Bonchev–Trinajstić information content (AvgIpc) is 2.80. The normalized spacial score (nSPS) is 31.2. The number of thiophene rings is 1. The second-order valence-corrected chi connectivity index (χ2v) is 9.15. The number of hydrogen-bond donors (Lipinski definition) is 1. The van der Waals surface area contributed by atoms with Crippen LogP contribution in [0, 0.1) is 11.3 Å². The monoisotopic (exact) mass is 285 g/mol. The molecule has 4 atom stereocenters. The zero-order valence-corrected chi connectivity index (χ0v) is 13.0. The van der Waals surface area contributed by atoms with Crippen LogP contribution in [0.2, 0.25) is 0 Å². The second kappa shape index (κ2) is 5.43. The molecule has 1 heterocycles. The van der Waals surface area contributed by atoms with Gasteiger partial charge in [0.15, 0.2) is 0 Å². The van der Waals surface area contributed by atoms with E-state index >= 15 is 0 Å². The Balaban J connectivity index is 2.13. The molecule has 18 heavy (non-hydrogen) atoms. The number of hydrogen-bond acceptors (Lipinski definition) is 3. The van der Waals surface area contributed by atoms with Crippen LogP contribution in [0.15, 0.2) is 21.7 Å². The summed E-state index contributed by atoms with van der Waals surface area (Å²) in [6.45, 7) is 6.83. The topological polar surface area (TPSA) is 43.1 Å². The fraction of sp³-hybridized carbons (Fsp3) is 0.714. The van der Waals surface area contributed by atoms with Crippen LogP contribution in [-0.4, -0.2) is 15.5 Å². The van der Waals surface area contributed by atoms with Crippen LogP contribution in [0.3, 0.4) is 0 Å². The first-order valence-corrected chi connectivity index (χ1v) is 8.68. The molecule has 2 N–H and O–H groups in total. The van der Waals surface area contributed by atoms with Gasteiger partial charge in [0, 0.05) is 6.04 Å². The summed E-state index contributed by atoms with van der Waals surface area (Å²) >= 11 is 1.58. The zero-order valence-electron chi connectivity index (χ0n) is 11.4. The van der Waals surface area contributed by atoms with Crippen molar-refractivity contribution >= 4 is 22.1 Å². The third-order valence-corrected chi connectivity index (χ3v) is 7.10. The van der Waals surface area contributed by atoms with E-state index in [0.29, 0.717) is 5.92 Å². The summed E-state index contributed by atoms with van der Waals surface area (Å²) in [5.74, 6) is 0.631. The van der Waals surface area contributed by atoms with Crippen molar-refractivity contribution in [3.63, 3.8) is 0 Å².